The number of alkyl halides is 4. The summed E-state index contributed by atoms with van der Waals surface area (Å²) in [6, 6.07) is 13.8. The number of nitrogens with zero attached hydrogens (tertiary/aromatic N) is 2. The van der Waals surface area contributed by atoms with Crippen LogP contribution < -0.4 is 10.6 Å². The van der Waals surface area contributed by atoms with Crippen molar-refractivity contribution in [1.82, 2.24) is 19.8 Å². The van der Waals surface area contributed by atoms with Crippen LogP contribution in [0.2, 0.25) is 0 Å². The van der Waals surface area contributed by atoms with E-state index in [9.17, 15) is 61.4 Å². The average Bonchev–Trinajstić information content (AvgIpc) is 3.12. The highest BCUT2D eigenvalue weighted by atomic mass is 32.2. The molecule has 2 aromatic carbocycles. The summed E-state index contributed by atoms with van der Waals surface area (Å²) in [5.74, 6) is -2.90. The molecule has 3 fully saturated rings. The first-order valence-electron chi connectivity index (χ1n) is 17.9. The summed E-state index contributed by atoms with van der Waals surface area (Å²) < 4.78 is 76.6. The monoisotopic (exact) mass is 794 g/mol. The summed E-state index contributed by atoms with van der Waals surface area (Å²) in [4.78, 5) is 12.6. The van der Waals surface area contributed by atoms with Crippen LogP contribution in [-0.4, -0.2) is 150 Å². The molecule has 13 nitrogen and oxygen atoms in total. The molecule has 54 heavy (non-hydrogen) atoms. The molecule has 2 amide bonds. The standard InChI is InChI=1S/C13H17F2NO4S.C13H19NO2.C10H18F2N2O3/c1-8-2-4-9(5-3-8)21(19,20)16-6-10(13(14)15)12(18)11(17)7-16;1-9-2-4-10(5-3-9)6-11-7-14-8-12(15)13(11)16;1-2-3-13-10(17)14-4-6(9(11)12)8(16)7(15)5-14/h2-5,10-13,17-18H,6-7H2,1H3;2-5,11-16H,6-8H2,1H3;6-9,15-16H,2-5H2,1H3,(H,13,17)/t10-,11+,12+;11-,12+,13+;6-,7+,8+/m000/s1. The Bertz CT molecular complexity index is 1550. The van der Waals surface area contributed by atoms with Crippen LogP contribution in [0.4, 0.5) is 22.4 Å². The molecule has 3 aliphatic rings. The molecule has 3 aliphatic heterocycles. The molecule has 0 unspecified atom stereocenters. The van der Waals surface area contributed by atoms with Gasteiger partial charge >= 0.3 is 6.03 Å². The van der Waals surface area contributed by atoms with Crippen LogP contribution in [-0.2, 0) is 16.4 Å². The zero-order valence-electron chi connectivity index (χ0n) is 30.6. The maximum absolute atomic E-state index is 12.9. The fourth-order valence-corrected chi connectivity index (χ4v) is 7.79. The zero-order chi connectivity index (χ0) is 40.3. The number of aliphatic hydroxyl groups excluding tert-OH is 6. The van der Waals surface area contributed by atoms with Crippen molar-refractivity contribution >= 4 is 16.1 Å². The van der Waals surface area contributed by atoms with Crippen LogP contribution in [0.15, 0.2) is 53.4 Å². The molecular formula is C36H54F4N4O9S. The topological polar surface area (TPSA) is 203 Å². The number of urea groups is 1. The van der Waals surface area contributed by atoms with E-state index in [0.717, 1.165) is 34.2 Å². The maximum Gasteiger partial charge on any atom is 0.317 e. The summed E-state index contributed by atoms with van der Waals surface area (Å²) in [6.45, 7) is 6.15. The van der Waals surface area contributed by atoms with Gasteiger partial charge in [-0.3, -0.25) is 0 Å². The van der Waals surface area contributed by atoms with E-state index in [2.05, 4.69) is 41.8 Å². The summed E-state index contributed by atoms with van der Waals surface area (Å²) in [7, 11) is -3.97. The van der Waals surface area contributed by atoms with E-state index >= 15 is 0 Å². The Labute approximate surface area is 313 Å². The highest BCUT2D eigenvalue weighted by Gasteiger charge is 2.44. The highest BCUT2D eigenvalue weighted by Crippen LogP contribution is 2.28. The fraction of sp³-hybridized carbons (Fsp3) is 0.639. The van der Waals surface area contributed by atoms with Crippen molar-refractivity contribution in [3.63, 3.8) is 0 Å². The minimum Gasteiger partial charge on any atom is -0.390 e. The lowest BCUT2D eigenvalue weighted by Gasteiger charge is -2.38. The van der Waals surface area contributed by atoms with Crippen LogP contribution in [0.3, 0.4) is 0 Å². The van der Waals surface area contributed by atoms with E-state index < -0.39 is 90.5 Å². The predicted octanol–water partition coefficient (Wildman–Crippen LogP) is 1.11. The number of piperidine rings is 3. The molecule has 2 aromatic rings. The Kier molecular flexibility index (Phi) is 17.5. The smallest absolute Gasteiger partial charge is 0.317 e. The molecule has 0 spiro atoms. The Morgan fingerprint density at radius 3 is 1.81 bits per heavy atom. The molecule has 0 bridgehead atoms. The Hall–Kier alpha value is -2.94. The lowest BCUT2D eigenvalue weighted by Crippen LogP contribution is -2.58. The first-order valence-corrected chi connectivity index (χ1v) is 19.3. The number of hydrogen-bond donors (Lipinski definition) is 8. The molecule has 9 atom stereocenters. The third-order valence-corrected chi connectivity index (χ3v) is 11.5. The first kappa shape index (κ1) is 45.4. The van der Waals surface area contributed by atoms with Gasteiger partial charge in [0.15, 0.2) is 0 Å². The van der Waals surface area contributed by atoms with Crippen LogP contribution >= 0.6 is 0 Å². The second-order valence-corrected chi connectivity index (χ2v) is 16.0. The number of halogens is 4. The number of aryl methyl sites for hydroxylation is 2. The Morgan fingerprint density at radius 1 is 0.759 bits per heavy atom. The van der Waals surface area contributed by atoms with Crippen molar-refractivity contribution in [2.75, 3.05) is 45.8 Å². The number of β-amino-alcohol motifs (C(OH)–C–C–N with tert-alkyl or cyclic N) is 3. The van der Waals surface area contributed by atoms with E-state index in [0.29, 0.717) is 13.1 Å². The van der Waals surface area contributed by atoms with Gasteiger partial charge in [-0.1, -0.05) is 54.4 Å². The lowest BCUT2D eigenvalue weighted by atomic mass is 9.88. The third-order valence-electron chi connectivity index (χ3n) is 9.68. The maximum atomic E-state index is 12.9. The molecule has 0 saturated carbocycles. The second kappa shape index (κ2) is 20.8. The summed E-state index contributed by atoms with van der Waals surface area (Å²) in [5, 5.41) is 63.1. The zero-order valence-corrected chi connectivity index (χ0v) is 31.4. The van der Waals surface area contributed by atoms with E-state index in [4.69, 9.17) is 0 Å². The number of amides is 2. The van der Waals surface area contributed by atoms with E-state index in [-0.39, 0.29) is 23.9 Å². The SMILES string of the molecule is CCCNC(=O)N1C[C@@H](O)[C@H](O)[C@@H](C(F)F)C1.Cc1ccc(C[C@H]2CNC[C@@H](O)[C@@H]2O)cc1.Cc1ccc(S(=O)(=O)N2C[C@@H](O)[C@H](O)[C@@H](C(F)F)C2)cc1. The number of sulfonamides is 1. The van der Waals surface area contributed by atoms with Gasteiger partial charge in [0.05, 0.1) is 59.9 Å². The van der Waals surface area contributed by atoms with Crippen molar-refractivity contribution in [2.24, 2.45) is 17.8 Å². The van der Waals surface area contributed by atoms with Crippen LogP contribution in [0.25, 0.3) is 0 Å². The van der Waals surface area contributed by atoms with Crippen molar-refractivity contribution < 1.29 is 61.4 Å². The molecule has 3 saturated heterocycles. The van der Waals surface area contributed by atoms with Gasteiger partial charge in [-0.05, 0) is 44.4 Å². The van der Waals surface area contributed by atoms with E-state index in [1.165, 1.54) is 23.3 Å². The minimum absolute atomic E-state index is 0.0234. The number of carbonyl (C=O) groups is 1. The van der Waals surface area contributed by atoms with Crippen LogP contribution in [0.5, 0.6) is 0 Å². The molecular weight excluding hydrogens is 740 g/mol. The number of nitrogens with one attached hydrogen (secondary N) is 2. The van der Waals surface area contributed by atoms with Gasteiger partial charge in [0.25, 0.3) is 0 Å². The third kappa shape index (κ3) is 12.5. The van der Waals surface area contributed by atoms with E-state index in [1.807, 2.05) is 6.92 Å². The van der Waals surface area contributed by atoms with Crippen molar-refractivity contribution in [3.8, 4) is 0 Å². The summed E-state index contributed by atoms with van der Waals surface area (Å²) in [6.07, 6.45) is -11.3. The minimum atomic E-state index is -3.97. The molecule has 5 rings (SSSR count). The first-order chi connectivity index (χ1) is 25.4. The van der Waals surface area contributed by atoms with Gasteiger partial charge in [0.1, 0.15) is 0 Å². The molecule has 0 radical (unpaired) electrons. The Morgan fingerprint density at radius 2 is 1.28 bits per heavy atom. The van der Waals surface area contributed by atoms with Gasteiger partial charge in [0, 0.05) is 45.2 Å². The van der Waals surface area contributed by atoms with Gasteiger partial charge in [0.2, 0.25) is 22.9 Å². The molecule has 0 aromatic heterocycles. The van der Waals surface area contributed by atoms with Crippen molar-refractivity contribution in [3.05, 3.63) is 65.2 Å². The van der Waals surface area contributed by atoms with Crippen LogP contribution in [0, 0.1) is 31.6 Å². The number of rotatable bonds is 8. The Balaban J connectivity index is 0.000000220. The molecule has 0 aliphatic carbocycles. The highest BCUT2D eigenvalue weighted by molar-refractivity contribution is 7.89. The number of hydrogen-bond acceptors (Lipinski definition) is 10. The quantitative estimate of drug-likeness (QED) is 0.179. The van der Waals surface area contributed by atoms with E-state index in [1.54, 1.807) is 19.1 Å². The molecule has 306 valence electrons. The fourth-order valence-electron chi connectivity index (χ4n) is 6.29. The predicted molar refractivity (Wildman–Crippen MR) is 191 cm³/mol. The van der Waals surface area contributed by atoms with Gasteiger partial charge < -0.3 is 46.2 Å². The van der Waals surface area contributed by atoms with Gasteiger partial charge in [-0.15, -0.1) is 0 Å². The number of aliphatic hydroxyl groups is 6. The number of carbonyl (C=O) groups excluding carboxylic acids is 1. The van der Waals surface area contributed by atoms with Gasteiger partial charge in [-0.2, -0.15) is 4.31 Å². The van der Waals surface area contributed by atoms with Crippen molar-refractivity contribution in [2.45, 2.75) is 88.0 Å². The largest absolute Gasteiger partial charge is 0.390 e. The molecule has 3 heterocycles. The number of benzene rings is 2. The lowest BCUT2D eigenvalue weighted by molar-refractivity contribution is -0.107. The molecule has 18 heteroatoms. The van der Waals surface area contributed by atoms with Gasteiger partial charge in [-0.25, -0.2) is 30.8 Å². The van der Waals surface area contributed by atoms with Crippen molar-refractivity contribution in [1.29, 1.82) is 0 Å². The average molecular weight is 795 g/mol. The van der Waals surface area contributed by atoms with Crippen LogP contribution in [0.1, 0.15) is 30.0 Å². The number of likely N-dealkylation sites (tertiary alicyclic amines) is 1. The molecule has 8 N–H and O–H groups in total. The normalized spacial score (nSPS) is 29.2. The summed E-state index contributed by atoms with van der Waals surface area (Å²) >= 11 is 0. The second-order valence-electron chi connectivity index (χ2n) is 14.1. The summed E-state index contributed by atoms with van der Waals surface area (Å²) in [5.41, 5.74) is 3.32.